The summed E-state index contributed by atoms with van der Waals surface area (Å²) in [5.41, 5.74) is -0.728. The number of hydrogen-bond acceptors (Lipinski definition) is 4. The maximum Gasteiger partial charge on any atom is 0.343 e. The number of halogens is 1. The monoisotopic (exact) mass is 311 g/mol. The van der Waals surface area contributed by atoms with Gasteiger partial charge in [0.05, 0.1) is 11.1 Å². The molecule has 112 valence electrons. The summed E-state index contributed by atoms with van der Waals surface area (Å²) in [6.07, 6.45) is 1.27. The minimum absolute atomic E-state index is 0.112. The van der Waals surface area contributed by atoms with Crippen LogP contribution in [0, 0.1) is 11.2 Å². The fraction of sp³-hybridized carbons (Fsp3) is 0.231. The third-order valence-electron chi connectivity index (χ3n) is 3.16. The van der Waals surface area contributed by atoms with Crippen LogP contribution in [0.25, 0.3) is 0 Å². The van der Waals surface area contributed by atoms with Crippen LogP contribution in [0.3, 0.4) is 0 Å². The minimum atomic E-state index is -4.20. The van der Waals surface area contributed by atoms with Crippen molar-refractivity contribution in [2.75, 3.05) is 0 Å². The number of benzene rings is 1. The Hall–Kier alpha value is -2.22. The molecule has 1 aromatic carbocycles. The molecule has 2 rings (SSSR count). The van der Waals surface area contributed by atoms with E-state index in [1.165, 1.54) is 12.1 Å². The third kappa shape index (κ3) is 2.54. The van der Waals surface area contributed by atoms with Gasteiger partial charge in [-0.05, 0) is 24.1 Å². The molecule has 0 saturated carbocycles. The quantitative estimate of drug-likeness (QED) is 0.901. The van der Waals surface area contributed by atoms with Crippen molar-refractivity contribution < 1.29 is 12.8 Å². The number of nitrogens with one attached hydrogen (secondary N) is 1. The molecule has 0 radical (unpaired) electrons. The first-order chi connectivity index (χ1) is 9.78. The zero-order valence-electron chi connectivity index (χ0n) is 11.5. The molecule has 0 bridgehead atoms. The van der Waals surface area contributed by atoms with Crippen molar-refractivity contribution >= 4 is 10.0 Å². The molecule has 0 amide bonds. The Morgan fingerprint density at radius 1 is 1.24 bits per heavy atom. The first-order valence-electron chi connectivity index (χ1n) is 6.16. The van der Waals surface area contributed by atoms with Crippen LogP contribution in [-0.2, 0) is 23.5 Å². The fourth-order valence-electron chi connectivity index (χ4n) is 1.81. The zero-order valence-corrected chi connectivity index (χ0v) is 12.3. The van der Waals surface area contributed by atoms with Crippen molar-refractivity contribution in [3.8, 4) is 0 Å². The summed E-state index contributed by atoms with van der Waals surface area (Å²) in [6, 6.07) is 6.00. The van der Waals surface area contributed by atoms with Gasteiger partial charge in [0.2, 0.25) is 0 Å². The molecular formula is C13H14FN3O3S. The molecule has 0 atom stereocenters. The summed E-state index contributed by atoms with van der Waals surface area (Å²) in [6.45, 7) is 1.93. The molecule has 8 heteroatoms. The van der Waals surface area contributed by atoms with E-state index in [4.69, 9.17) is 5.41 Å². The topological polar surface area (TPSA) is 84.9 Å². The van der Waals surface area contributed by atoms with Crippen molar-refractivity contribution in [3.63, 3.8) is 0 Å². The second-order valence-corrected chi connectivity index (χ2v) is 6.28. The molecule has 6 nitrogen and oxygen atoms in total. The molecule has 2 aromatic rings. The molecule has 0 spiro atoms. The Balaban J connectivity index is 2.70. The van der Waals surface area contributed by atoms with Gasteiger partial charge in [0.1, 0.15) is 0 Å². The molecule has 1 heterocycles. The second kappa shape index (κ2) is 5.28. The van der Waals surface area contributed by atoms with Gasteiger partial charge in [-0.2, -0.15) is 3.97 Å². The highest BCUT2D eigenvalue weighted by Gasteiger charge is 2.21. The maximum atomic E-state index is 13.6. The lowest BCUT2D eigenvalue weighted by Gasteiger charge is -2.10. The Morgan fingerprint density at radius 2 is 1.81 bits per heavy atom. The Labute approximate surface area is 120 Å². The van der Waals surface area contributed by atoms with Crippen molar-refractivity contribution in [1.82, 2.24) is 8.54 Å². The second-order valence-electron chi connectivity index (χ2n) is 4.47. The van der Waals surface area contributed by atoms with E-state index in [1.807, 2.05) is 6.92 Å². The van der Waals surface area contributed by atoms with Crippen molar-refractivity contribution in [3.05, 3.63) is 57.8 Å². The zero-order chi connectivity index (χ0) is 15.8. The van der Waals surface area contributed by atoms with Crippen LogP contribution >= 0.6 is 0 Å². The maximum absolute atomic E-state index is 13.6. The van der Waals surface area contributed by atoms with Crippen LogP contribution < -0.4 is 11.2 Å². The van der Waals surface area contributed by atoms with Gasteiger partial charge in [0.15, 0.2) is 11.3 Å². The molecular weight excluding hydrogens is 297 g/mol. The smallest absolute Gasteiger partial charge is 0.282 e. The van der Waals surface area contributed by atoms with Crippen molar-refractivity contribution in [2.45, 2.75) is 18.2 Å². The van der Waals surface area contributed by atoms with E-state index in [9.17, 15) is 17.6 Å². The number of aryl methyl sites for hydroxylation is 1. The summed E-state index contributed by atoms with van der Waals surface area (Å²) in [7, 11) is -3.06. The first kappa shape index (κ1) is 15.2. The number of aromatic nitrogens is 2. The Bertz CT molecular complexity index is 896. The molecule has 1 aromatic heterocycles. The number of hydrogen-bond donors (Lipinski definition) is 1. The summed E-state index contributed by atoms with van der Waals surface area (Å²) < 4.78 is 39.3. The molecule has 0 unspecified atom stereocenters. The van der Waals surface area contributed by atoms with Crippen LogP contribution in [0.15, 0.2) is 40.2 Å². The van der Waals surface area contributed by atoms with E-state index in [0.29, 0.717) is 14.7 Å². The van der Waals surface area contributed by atoms with Gasteiger partial charge in [0, 0.05) is 7.05 Å². The lowest BCUT2D eigenvalue weighted by atomic mass is 10.2. The largest absolute Gasteiger partial charge is 0.343 e. The molecule has 0 saturated heterocycles. The predicted octanol–water partition coefficient (Wildman–Crippen LogP) is 0.605. The van der Waals surface area contributed by atoms with E-state index in [0.717, 1.165) is 19.0 Å². The van der Waals surface area contributed by atoms with E-state index in [1.54, 1.807) is 12.1 Å². The van der Waals surface area contributed by atoms with Crippen LogP contribution in [-0.4, -0.2) is 17.0 Å². The van der Waals surface area contributed by atoms with Gasteiger partial charge in [0.25, 0.3) is 10.0 Å². The fourth-order valence-corrected chi connectivity index (χ4v) is 3.07. The SMILES string of the molecule is CCc1ccc(S(=O)(=O)n2cc(F)c(=N)n(C)c2=O)cc1. The van der Waals surface area contributed by atoms with Gasteiger partial charge in [-0.3, -0.25) is 9.98 Å². The Morgan fingerprint density at radius 3 is 2.33 bits per heavy atom. The van der Waals surface area contributed by atoms with E-state index in [2.05, 4.69) is 0 Å². The van der Waals surface area contributed by atoms with Crippen molar-refractivity contribution in [1.29, 1.82) is 5.41 Å². The highest BCUT2D eigenvalue weighted by molar-refractivity contribution is 7.90. The van der Waals surface area contributed by atoms with E-state index >= 15 is 0 Å². The lowest BCUT2D eigenvalue weighted by molar-refractivity contribution is 0.534. The standard InChI is InChI=1S/C13H14FN3O3S/c1-3-9-4-6-10(7-5-9)21(19,20)17-8-11(14)12(15)16(2)13(17)18/h4-8,15H,3H2,1-2H3. The number of nitrogens with zero attached hydrogens (tertiary/aromatic N) is 2. The molecule has 21 heavy (non-hydrogen) atoms. The minimum Gasteiger partial charge on any atom is -0.282 e. The van der Waals surface area contributed by atoms with Crippen molar-refractivity contribution in [2.24, 2.45) is 7.05 Å². The van der Waals surface area contributed by atoms with Crippen LogP contribution in [0.4, 0.5) is 4.39 Å². The average Bonchev–Trinajstić information content (AvgIpc) is 2.48. The van der Waals surface area contributed by atoms with Gasteiger partial charge < -0.3 is 0 Å². The summed E-state index contributed by atoms with van der Waals surface area (Å²) in [5, 5.41) is 7.32. The first-order valence-corrected chi connectivity index (χ1v) is 7.60. The van der Waals surface area contributed by atoms with Gasteiger partial charge in [-0.1, -0.05) is 19.1 Å². The third-order valence-corrected chi connectivity index (χ3v) is 4.80. The summed E-state index contributed by atoms with van der Waals surface area (Å²) >= 11 is 0. The van der Waals surface area contributed by atoms with Gasteiger partial charge in [-0.25, -0.2) is 17.6 Å². The molecule has 0 aliphatic carbocycles. The van der Waals surface area contributed by atoms with Crippen LogP contribution in [0.2, 0.25) is 0 Å². The predicted molar refractivity (Wildman–Crippen MR) is 73.9 cm³/mol. The molecule has 0 aliphatic heterocycles. The van der Waals surface area contributed by atoms with Gasteiger partial charge >= 0.3 is 5.69 Å². The normalized spacial score (nSPS) is 11.6. The average molecular weight is 311 g/mol. The summed E-state index contributed by atoms with van der Waals surface area (Å²) in [5.74, 6) is -1.09. The molecule has 1 N–H and O–H groups in total. The number of rotatable bonds is 3. The lowest BCUT2D eigenvalue weighted by Crippen LogP contribution is -2.41. The van der Waals surface area contributed by atoms with E-state index in [-0.39, 0.29) is 4.90 Å². The Kier molecular flexibility index (Phi) is 3.82. The summed E-state index contributed by atoms with van der Waals surface area (Å²) in [4.78, 5) is 11.8. The molecule has 0 aliphatic rings. The van der Waals surface area contributed by atoms with Gasteiger partial charge in [-0.15, -0.1) is 0 Å². The highest BCUT2D eigenvalue weighted by atomic mass is 32.2. The van der Waals surface area contributed by atoms with E-state index < -0.39 is 27.0 Å². The molecule has 0 fully saturated rings. The van der Waals surface area contributed by atoms with Crippen LogP contribution in [0.5, 0.6) is 0 Å². The van der Waals surface area contributed by atoms with Crippen LogP contribution in [0.1, 0.15) is 12.5 Å². The highest BCUT2D eigenvalue weighted by Crippen LogP contribution is 2.13.